The van der Waals surface area contributed by atoms with Crippen molar-refractivity contribution < 1.29 is 86.9 Å². The molecule has 672 valence electrons. The molecule has 3 saturated heterocycles. The third-order valence-electron chi connectivity index (χ3n) is 22.8. The molecule has 3 fully saturated rings. The SMILES string of the molecule is CCCC[C@H]1C(=O)N(C)[C@@H](CCCC)C(=O)N[C@@H](CC(C)C)C(=O)NCCOCC(=O)N[C@@H](Cc2ccc(O)cc2)C(=O)N(C)[C@@H](C)C(=O)N[C@@H](CC(N)=O)C(=O)N2CCC[C@H]2C(=O)N[C@@H](CN)C(=O)N[C@@H](CC(C)C)C(=O)C2N[C@@H](C[C@H]2O)C(=O)N[C@@H](Cc2c[nH]c3ccccc23)C(=O)N[C@@H](CCN)C(=O)N[C@@H](Cc2c[nH]c3ccccc23)C(=O)N1C. The van der Waals surface area contributed by atoms with Gasteiger partial charge in [-0.25, -0.2) is 0 Å². The third kappa shape index (κ3) is 26.6. The predicted molar refractivity (Wildman–Crippen MR) is 456 cm³/mol. The Balaban J connectivity index is 1.13. The number of unbranched alkanes of at least 4 members (excludes halogenated alkanes) is 2. The van der Waals surface area contributed by atoms with Crippen LogP contribution in [0.1, 0.15) is 149 Å². The molecule has 15 atom stereocenters. The van der Waals surface area contributed by atoms with E-state index in [0.29, 0.717) is 58.8 Å². The number of aromatic nitrogens is 2. The van der Waals surface area contributed by atoms with Crippen molar-refractivity contribution in [2.45, 2.75) is 242 Å². The van der Waals surface area contributed by atoms with Crippen molar-refractivity contribution in [3.8, 4) is 5.75 Å². The molecule has 14 amide bonds. The van der Waals surface area contributed by atoms with Crippen molar-refractivity contribution >= 4 is 110 Å². The van der Waals surface area contributed by atoms with Gasteiger partial charge in [-0.1, -0.05) is 116 Å². The van der Waals surface area contributed by atoms with E-state index < -0.39 is 199 Å². The number of phenolic OH excluding ortho intramolecular Hbond substituents is 1. The van der Waals surface area contributed by atoms with Gasteiger partial charge in [0.05, 0.1) is 37.3 Å². The number of benzene rings is 3. The predicted octanol–water partition coefficient (Wildman–Crippen LogP) is -0.785. The first kappa shape index (κ1) is 97.0. The number of hydrogen-bond acceptors (Lipinski definition) is 21. The molecule has 5 aromatic rings. The average molecular weight is 1710 g/mol. The normalized spacial score (nSPS) is 26.2. The van der Waals surface area contributed by atoms with E-state index in [1.54, 1.807) is 50.5 Å². The summed E-state index contributed by atoms with van der Waals surface area (Å²) in [6, 6.07) is 0.620. The number of primary amides is 1. The summed E-state index contributed by atoms with van der Waals surface area (Å²) < 4.78 is 5.70. The molecule has 5 heterocycles. The molecular weight excluding hydrogens is 1590 g/mol. The van der Waals surface area contributed by atoms with Gasteiger partial charge in [-0.2, -0.15) is 0 Å². The highest BCUT2D eigenvalue weighted by Crippen LogP contribution is 2.27. The lowest BCUT2D eigenvalue weighted by Crippen LogP contribution is -2.61. The number of rotatable bonds is 21. The van der Waals surface area contributed by atoms with Gasteiger partial charge in [-0.05, 0) is 118 Å². The fourth-order valence-electron chi connectivity index (χ4n) is 15.8. The van der Waals surface area contributed by atoms with Crippen molar-refractivity contribution in [2.24, 2.45) is 29.0 Å². The van der Waals surface area contributed by atoms with Gasteiger partial charge in [0.1, 0.15) is 78.8 Å². The van der Waals surface area contributed by atoms with E-state index in [-0.39, 0.29) is 114 Å². The molecule has 3 aliphatic rings. The van der Waals surface area contributed by atoms with Gasteiger partial charge in [0.15, 0.2) is 5.78 Å². The molecule has 0 saturated carbocycles. The van der Waals surface area contributed by atoms with Gasteiger partial charge < -0.3 is 110 Å². The Kier molecular flexibility index (Phi) is 36.4. The minimum atomic E-state index is -1.71. The maximum Gasteiger partial charge on any atom is 0.246 e. The molecule has 37 heteroatoms. The second-order valence-electron chi connectivity index (χ2n) is 33.1. The number of nitrogens with one attached hydrogen (secondary N) is 12. The van der Waals surface area contributed by atoms with Crippen LogP contribution in [0.3, 0.4) is 0 Å². The fourth-order valence-corrected chi connectivity index (χ4v) is 15.8. The van der Waals surface area contributed by atoms with Crippen LogP contribution in [-0.2, 0) is 95.9 Å². The van der Waals surface area contributed by atoms with Crippen LogP contribution in [0.2, 0.25) is 0 Å². The van der Waals surface area contributed by atoms with Gasteiger partial charge in [-0.3, -0.25) is 77.2 Å². The number of aliphatic hydroxyl groups is 1. The Morgan fingerprint density at radius 3 is 1.67 bits per heavy atom. The molecule has 0 aliphatic carbocycles. The summed E-state index contributed by atoms with van der Waals surface area (Å²) in [6.45, 7) is 10.5. The molecule has 8 rings (SSSR count). The number of aliphatic hydroxyl groups excluding tert-OH is 1. The number of nitrogens with two attached hydrogens (primary N) is 3. The quantitative estimate of drug-likeness (QED) is 0.0428. The molecule has 0 spiro atoms. The molecule has 20 N–H and O–H groups in total. The minimum Gasteiger partial charge on any atom is -0.508 e. The molecule has 2 bridgehead atoms. The van der Waals surface area contributed by atoms with Gasteiger partial charge >= 0.3 is 0 Å². The lowest BCUT2D eigenvalue weighted by molar-refractivity contribution is -0.149. The third-order valence-corrected chi connectivity index (χ3v) is 22.8. The number of Topliss-reactive ketones (excluding diaryl/α,β-unsaturated/α-hetero) is 1. The molecule has 123 heavy (non-hydrogen) atoms. The number of carbonyl (C=O) groups excluding carboxylic acids is 15. The summed E-state index contributed by atoms with van der Waals surface area (Å²) in [5, 5.41) is 50.7. The average Bonchev–Trinajstić information content (AvgIpc) is 1.73. The van der Waals surface area contributed by atoms with Crippen LogP contribution in [-0.4, -0.2) is 279 Å². The Bertz CT molecular complexity index is 4530. The number of hydrogen-bond donors (Lipinski definition) is 17. The second-order valence-corrected chi connectivity index (χ2v) is 33.1. The van der Waals surface area contributed by atoms with Crippen molar-refractivity contribution in [1.82, 2.24) is 82.7 Å². The Morgan fingerprint density at radius 1 is 0.545 bits per heavy atom. The topological polar surface area (TPSA) is 549 Å². The van der Waals surface area contributed by atoms with E-state index in [9.17, 15) is 63.0 Å². The number of ether oxygens (including phenoxy) is 1. The second kappa shape index (κ2) is 46.2. The van der Waals surface area contributed by atoms with Crippen molar-refractivity contribution in [1.29, 1.82) is 0 Å². The summed E-state index contributed by atoms with van der Waals surface area (Å²) in [5.74, 6) is -12.9. The largest absolute Gasteiger partial charge is 0.508 e. The van der Waals surface area contributed by atoms with E-state index >= 15 is 19.2 Å². The highest BCUT2D eigenvalue weighted by Gasteiger charge is 2.47. The van der Waals surface area contributed by atoms with E-state index in [1.165, 1.54) is 62.1 Å². The number of carbonyl (C=O) groups is 15. The smallest absolute Gasteiger partial charge is 0.246 e. The zero-order valence-electron chi connectivity index (χ0n) is 71.9. The monoisotopic (exact) mass is 1710 g/mol. The highest BCUT2D eigenvalue weighted by molar-refractivity contribution is 6.02. The molecule has 3 aliphatic heterocycles. The van der Waals surface area contributed by atoms with E-state index in [4.69, 9.17) is 21.9 Å². The van der Waals surface area contributed by atoms with Crippen molar-refractivity contribution in [2.75, 3.05) is 60.5 Å². The Morgan fingerprint density at radius 2 is 1.07 bits per heavy atom. The summed E-state index contributed by atoms with van der Waals surface area (Å²) >= 11 is 0. The number of aromatic hydroxyl groups is 1. The lowest BCUT2D eigenvalue weighted by Gasteiger charge is -2.36. The van der Waals surface area contributed by atoms with Crippen LogP contribution in [0, 0.1) is 11.8 Å². The number of phenols is 1. The van der Waals surface area contributed by atoms with E-state index in [0.717, 1.165) is 15.2 Å². The number of aromatic amines is 2. The van der Waals surface area contributed by atoms with Gasteiger partial charge in [-0.15, -0.1) is 0 Å². The van der Waals surface area contributed by atoms with Crippen LogP contribution in [0.4, 0.5) is 0 Å². The summed E-state index contributed by atoms with van der Waals surface area (Å²) in [5.41, 5.74) is 21.1. The lowest BCUT2D eigenvalue weighted by atomic mass is 9.94. The maximum absolute atomic E-state index is 15.6. The Hall–Kier alpha value is -11.4. The first-order chi connectivity index (χ1) is 58.6. The summed E-state index contributed by atoms with van der Waals surface area (Å²) in [4.78, 5) is 230. The van der Waals surface area contributed by atoms with E-state index in [2.05, 4.69) is 63.1 Å². The minimum absolute atomic E-state index is 0.0238. The van der Waals surface area contributed by atoms with Crippen LogP contribution in [0.5, 0.6) is 5.75 Å². The number of ketones is 1. The van der Waals surface area contributed by atoms with Gasteiger partial charge in [0.25, 0.3) is 0 Å². The summed E-state index contributed by atoms with van der Waals surface area (Å²) in [7, 11) is 4.15. The maximum atomic E-state index is 15.6. The van der Waals surface area contributed by atoms with Gasteiger partial charge in [0.2, 0.25) is 82.7 Å². The van der Waals surface area contributed by atoms with Crippen LogP contribution in [0.25, 0.3) is 21.8 Å². The first-order valence-electron chi connectivity index (χ1n) is 42.5. The van der Waals surface area contributed by atoms with E-state index in [1.807, 2.05) is 52.0 Å². The number of amides is 14. The molecule has 3 aromatic carbocycles. The standard InChI is InChI=1S/C86H125N19O18/c1-11-13-24-67-81(117)98-60(37-48(5)6)76(112)90-33-35-123-46-72(109)93-63(38-50-27-29-53(106)30-28-50)83(119)102(8)49(7)75(111)99-65(42-71(89)108)85(121)105-34-19-26-68(105)82(118)101-66(43-88)80(116)96-59(36-47(3)4)74(110)73-70(107)41-62(94-73)79(115)97-61(39-51-44-91-56-22-17-15-20-54(51)56)78(114)95-58(31-32-87)77(113)100-64(40-52-45-92-57-23-18-16-21-55(52)57)84(120)104(10)69(25-14-12-2)86(122)103(67)9/h15-18,20-23,27-30,44-45,47-49,58-70,73,91-92,94,106-107H,11-14,19,24-26,31-43,46,87-88H2,1-10H3,(H2,89,108)(H,90,112)(H,93,109)(H,95,114)(H,96,116)(H,97,115)(H,98,117)(H,99,111)(H,100,113)(H,101,118)/t49-,58-,59-,60-,61-,62-,63-,64-,65-,66-,67-,68-,69-,70+,73?/m0/s1. The number of likely N-dealkylation sites (N-methyl/N-ethyl adjacent to an activating group) is 3. The first-order valence-corrected chi connectivity index (χ1v) is 42.5. The molecular formula is C86H125N19O18. The number of fused-ring (bicyclic) bond motifs is 5. The van der Waals surface area contributed by atoms with Crippen molar-refractivity contribution in [3.63, 3.8) is 0 Å². The highest BCUT2D eigenvalue weighted by atomic mass is 16.5. The molecule has 2 aromatic heterocycles. The molecule has 1 unspecified atom stereocenters. The fraction of sp³-hybridized carbons (Fsp3) is 0.570. The van der Waals surface area contributed by atoms with Crippen LogP contribution in [0.15, 0.2) is 85.2 Å². The Labute approximate surface area is 715 Å². The van der Waals surface area contributed by atoms with Crippen molar-refractivity contribution in [3.05, 3.63) is 102 Å². The van der Waals surface area contributed by atoms with Gasteiger partial charge in [0, 0.05) is 94.2 Å². The number of H-pyrrole nitrogens is 2. The molecule has 37 nitrogen and oxygen atoms in total. The number of para-hydroxylation sites is 2. The zero-order chi connectivity index (χ0) is 90.1. The van der Waals surface area contributed by atoms with Crippen LogP contribution < -0.4 is 70.4 Å². The zero-order valence-corrected chi connectivity index (χ0v) is 71.9. The molecule has 0 radical (unpaired) electrons. The number of nitrogens with zero attached hydrogens (tertiary/aromatic N) is 4. The van der Waals surface area contributed by atoms with Crippen LogP contribution >= 0.6 is 0 Å². The summed E-state index contributed by atoms with van der Waals surface area (Å²) in [6.07, 6.45) is 2.64.